The summed E-state index contributed by atoms with van der Waals surface area (Å²) in [7, 11) is 0. The van der Waals surface area contributed by atoms with Crippen LogP contribution in [0.1, 0.15) is 54.9 Å². The van der Waals surface area contributed by atoms with Crippen LogP contribution < -0.4 is 5.63 Å². The highest BCUT2D eigenvalue weighted by atomic mass is 16.4. The molecule has 0 spiro atoms. The number of phenols is 2. The van der Waals surface area contributed by atoms with Gasteiger partial charge in [-0.15, -0.1) is 0 Å². The van der Waals surface area contributed by atoms with Crippen LogP contribution in [-0.2, 0) is 6.42 Å². The predicted octanol–water partition coefficient (Wildman–Crippen LogP) is 3.53. The number of carbonyl (C=O) groups is 1. The van der Waals surface area contributed by atoms with E-state index in [2.05, 4.69) is 0 Å². The summed E-state index contributed by atoms with van der Waals surface area (Å²) in [4.78, 5) is 24.3. The predicted molar refractivity (Wildman–Crippen MR) is 86.1 cm³/mol. The average molecular weight is 316 g/mol. The Bertz CT molecular complexity index is 812. The molecular formula is C18H20O5. The van der Waals surface area contributed by atoms with E-state index in [0.29, 0.717) is 17.4 Å². The number of benzene rings is 1. The second-order valence-corrected chi connectivity index (χ2v) is 6.14. The highest BCUT2D eigenvalue weighted by Crippen LogP contribution is 2.40. The van der Waals surface area contributed by atoms with Gasteiger partial charge in [0.2, 0.25) is 0 Å². The largest absolute Gasteiger partial charge is 0.507 e. The maximum atomic E-state index is 12.7. The van der Waals surface area contributed by atoms with Gasteiger partial charge in [0.25, 0.3) is 0 Å². The van der Waals surface area contributed by atoms with Crippen LogP contribution in [0.5, 0.6) is 11.5 Å². The molecule has 1 aliphatic carbocycles. The number of rotatable bonds is 3. The van der Waals surface area contributed by atoms with Crippen LogP contribution in [0.4, 0.5) is 0 Å². The zero-order valence-electron chi connectivity index (χ0n) is 13.1. The molecule has 2 N–H and O–H groups in total. The van der Waals surface area contributed by atoms with Gasteiger partial charge in [-0.2, -0.15) is 0 Å². The summed E-state index contributed by atoms with van der Waals surface area (Å²) < 4.78 is 5.06. The third-order valence-electron chi connectivity index (χ3n) is 4.67. The van der Waals surface area contributed by atoms with Gasteiger partial charge >= 0.3 is 5.63 Å². The van der Waals surface area contributed by atoms with E-state index < -0.39 is 5.63 Å². The number of Topliss-reactive ketones (excluding diaryl/α,β-unsaturated/α-hetero) is 1. The van der Waals surface area contributed by atoms with Crippen LogP contribution in [0.25, 0.3) is 11.0 Å². The molecule has 0 aliphatic heterocycles. The van der Waals surface area contributed by atoms with E-state index in [0.717, 1.165) is 32.1 Å². The lowest BCUT2D eigenvalue weighted by Gasteiger charge is -2.21. The second-order valence-electron chi connectivity index (χ2n) is 6.14. The molecule has 5 nitrogen and oxygen atoms in total. The molecule has 0 amide bonds. The third kappa shape index (κ3) is 2.71. The van der Waals surface area contributed by atoms with Crippen molar-refractivity contribution in [3.05, 3.63) is 33.7 Å². The van der Waals surface area contributed by atoms with Gasteiger partial charge < -0.3 is 14.6 Å². The van der Waals surface area contributed by atoms with Gasteiger partial charge in [0, 0.05) is 18.1 Å². The van der Waals surface area contributed by atoms with E-state index in [1.807, 2.05) is 6.92 Å². The van der Waals surface area contributed by atoms with Crippen LogP contribution in [0.3, 0.4) is 0 Å². The van der Waals surface area contributed by atoms with Crippen LogP contribution >= 0.6 is 0 Å². The van der Waals surface area contributed by atoms with Gasteiger partial charge in [0.05, 0.1) is 5.39 Å². The third-order valence-corrected chi connectivity index (χ3v) is 4.67. The van der Waals surface area contributed by atoms with Crippen molar-refractivity contribution >= 4 is 16.8 Å². The summed E-state index contributed by atoms with van der Waals surface area (Å²) >= 11 is 0. The van der Waals surface area contributed by atoms with E-state index in [1.165, 1.54) is 12.1 Å². The van der Waals surface area contributed by atoms with Crippen molar-refractivity contribution in [2.24, 2.45) is 5.92 Å². The number of phenolic OH excluding ortho intramolecular Hbond substituents is 2. The highest BCUT2D eigenvalue weighted by molar-refractivity contribution is 6.08. The Kier molecular flexibility index (Phi) is 4.11. The fourth-order valence-corrected chi connectivity index (χ4v) is 3.47. The zero-order chi connectivity index (χ0) is 16.6. The second kappa shape index (κ2) is 6.07. The monoisotopic (exact) mass is 316 g/mol. The molecule has 0 bridgehead atoms. The Morgan fingerprint density at radius 3 is 2.57 bits per heavy atom. The first-order valence-electron chi connectivity index (χ1n) is 8.08. The summed E-state index contributed by atoms with van der Waals surface area (Å²) in [6.07, 6.45) is 5.16. The summed E-state index contributed by atoms with van der Waals surface area (Å²) in [5, 5.41) is 21.1. The fourth-order valence-electron chi connectivity index (χ4n) is 3.47. The Balaban J connectivity index is 2.19. The van der Waals surface area contributed by atoms with Crippen LogP contribution in [-0.4, -0.2) is 16.0 Å². The van der Waals surface area contributed by atoms with Crippen molar-refractivity contribution < 1.29 is 19.4 Å². The maximum absolute atomic E-state index is 12.7. The smallest absolute Gasteiger partial charge is 0.336 e. The first kappa shape index (κ1) is 15.6. The molecule has 0 saturated heterocycles. The van der Waals surface area contributed by atoms with E-state index in [-0.39, 0.29) is 34.3 Å². The maximum Gasteiger partial charge on any atom is 0.336 e. The molecule has 0 radical (unpaired) electrons. The highest BCUT2D eigenvalue weighted by Gasteiger charge is 2.29. The first-order valence-corrected chi connectivity index (χ1v) is 8.08. The Labute approximate surface area is 133 Å². The number of aryl methyl sites for hydroxylation is 1. The Morgan fingerprint density at radius 2 is 1.91 bits per heavy atom. The summed E-state index contributed by atoms with van der Waals surface area (Å²) in [5.41, 5.74) is 0.114. The van der Waals surface area contributed by atoms with E-state index in [1.54, 1.807) is 0 Å². The van der Waals surface area contributed by atoms with Gasteiger partial charge in [-0.1, -0.05) is 26.2 Å². The molecule has 1 aromatic carbocycles. The molecule has 3 rings (SSSR count). The first-order chi connectivity index (χ1) is 11.0. The molecule has 1 aromatic heterocycles. The molecule has 5 heteroatoms. The minimum atomic E-state index is -0.542. The molecule has 23 heavy (non-hydrogen) atoms. The van der Waals surface area contributed by atoms with Gasteiger partial charge in [0.15, 0.2) is 5.78 Å². The molecular weight excluding hydrogens is 296 g/mol. The zero-order valence-corrected chi connectivity index (χ0v) is 13.1. The minimum absolute atomic E-state index is 0.0482. The summed E-state index contributed by atoms with van der Waals surface area (Å²) in [6.45, 7) is 1.85. The fraction of sp³-hybridized carbons (Fsp3) is 0.444. The van der Waals surface area contributed by atoms with Gasteiger partial charge in [-0.25, -0.2) is 4.79 Å². The Morgan fingerprint density at radius 1 is 1.22 bits per heavy atom. The van der Waals surface area contributed by atoms with Crippen LogP contribution in [0.15, 0.2) is 21.3 Å². The summed E-state index contributed by atoms with van der Waals surface area (Å²) in [6, 6.07) is 2.57. The lowest BCUT2D eigenvalue weighted by atomic mass is 9.83. The number of aromatic hydroxyl groups is 2. The SMILES string of the molecule is CCc1cc(=O)oc2cc(O)c(C(=O)C3CCCCC3)c(O)c12. The standard InChI is InChI=1S/C18H20O5/c1-2-10-8-14(20)23-13-9-12(19)16(18(22)15(10)13)17(21)11-6-4-3-5-7-11/h8-9,11,19,22H,2-7H2,1H3. The molecule has 1 fully saturated rings. The van der Waals surface area contributed by atoms with Crippen molar-refractivity contribution in [2.45, 2.75) is 45.4 Å². The van der Waals surface area contributed by atoms with Crippen LogP contribution in [0, 0.1) is 5.92 Å². The molecule has 1 saturated carbocycles. The molecule has 0 unspecified atom stereocenters. The lowest BCUT2D eigenvalue weighted by Crippen LogP contribution is -2.18. The van der Waals surface area contributed by atoms with Gasteiger partial charge in [-0.3, -0.25) is 4.79 Å². The van der Waals surface area contributed by atoms with Crippen molar-refractivity contribution in [2.75, 3.05) is 0 Å². The van der Waals surface area contributed by atoms with Crippen molar-refractivity contribution in [1.29, 1.82) is 0 Å². The average Bonchev–Trinajstić information content (AvgIpc) is 2.54. The quantitative estimate of drug-likeness (QED) is 0.668. The molecule has 0 atom stereocenters. The van der Waals surface area contributed by atoms with Gasteiger partial charge in [0.1, 0.15) is 22.6 Å². The van der Waals surface area contributed by atoms with Gasteiger partial charge in [-0.05, 0) is 24.8 Å². The number of carbonyl (C=O) groups excluding carboxylic acids is 1. The number of fused-ring (bicyclic) bond motifs is 1. The van der Waals surface area contributed by atoms with Crippen molar-refractivity contribution in [3.63, 3.8) is 0 Å². The summed E-state index contributed by atoms with van der Waals surface area (Å²) in [5.74, 6) is -1.01. The molecule has 1 heterocycles. The topological polar surface area (TPSA) is 87.7 Å². The van der Waals surface area contributed by atoms with Crippen molar-refractivity contribution in [3.8, 4) is 11.5 Å². The van der Waals surface area contributed by atoms with E-state index in [9.17, 15) is 19.8 Å². The molecule has 1 aliphatic rings. The van der Waals surface area contributed by atoms with E-state index >= 15 is 0 Å². The number of hydrogen-bond acceptors (Lipinski definition) is 5. The molecule has 2 aromatic rings. The van der Waals surface area contributed by atoms with Crippen molar-refractivity contribution in [1.82, 2.24) is 0 Å². The van der Waals surface area contributed by atoms with E-state index in [4.69, 9.17) is 4.42 Å². The normalized spacial score (nSPS) is 15.9. The van der Waals surface area contributed by atoms with Crippen LogP contribution in [0.2, 0.25) is 0 Å². The molecule has 122 valence electrons. The minimum Gasteiger partial charge on any atom is -0.507 e. The number of hydrogen-bond donors (Lipinski definition) is 2. The lowest BCUT2D eigenvalue weighted by molar-refractivity contribution is 0.0884. The Hall–Kier alpha value is -2.30. The number of ketones is 1.